The Morgan fingerprint density at radius 3 is 2.66 bits per heavy atom. The minimum Gasteiger partial charge on any atom is -0.535 e. The predicted molar refractivity (Wildman–Crippen MR) is 112 cm³/mol. The maximum Gasteiger partial charge on any atom is 0.522 e. The molecule has 0 radical (unpaired) electrons. The lowest BCUT2D eigenvalue weighted by Crippen LogP contribution is -2.61. The topological polar surface area (TPSA) is 198 Å². The molecular formula is C19H27BN4O8. The van der Waals surface area contributed by atoms with Crippen LogP contribution in [0.5, 0.6) is 11.5 Å². The molecule has 12 nitrogen and oxygen atoms in total. The summed E-state index contributed by atoms with van der Waals surface area (Å²) in [7, 11) is -1.08. The number of fused-ring (bicyclic) bond motifs is 1. The number of rotatable bonds is 8. The Morgan fingerprint density at radius 2 is 2.03 bits per heavy atom. The summed E-state index contributed by atoms with van der Waals surface area (Å²) in [6, 6.07) is 1.35. The average Bonchev–Trinajstić information content (AvgIpc) is 2.68. The molecule has 3 atom stereocenters. The van der Waals surface area contributed by atoms with Gasteiger partial charge in [0.05, 0.1) is 19.1 Å². The third-order valence-electron chi connectivity index (χ3n) is 5.34. The molecule has 2 amide bonds. The molecule has 2 aliphatic rings. The van der Waals surface area contributed by atoms with Crippen LogP contribution in [0.1, 0.15) is 29.3 Å². The van der Waals surface area contributed by atoms with E-state index in [0.717, 1.165) is 0 Å². The summed E-state index contributed by atoms with van der Waals surface area (Å²) in [6.45, 7) is 1.91. The number of nitrogens with zero attached hydrogens (tertiary/aromatic N) is 1. The van der Waals surface area contributed by atoms with E-state index in [2.05, 4.69) is 5.32 Å². The minimum atomic E-state index is -1.24. The maximum atomic E-state index is 12.5. The fourth-order valence-corrected chi connectivity index (χ4v) is 3.61. The number of nitrogens with one attached hydrogen (secondary N) is 1. The number of carbonyl (C=O) groups is 3. The molecule has 2 heterocycles. The third-order valence-corrected chi connectivity index (χ3v) is 5.34. The largest absolute Gasteiger partial charge is 0.535 e. The highest BCUT2D eigenvalue weighted by atomic mass is 16.5. The van der Waals surface area contributed by atoms with E-state index in [1.54, 1.807) is 12.1 Å². The minimum absolute atomic E-state index is 0.0927. The van der Waals surface area contributed by atoms with Crippen LogP contribution < -0.4 is 26.2 Å². The lowest BCUT2D eigenvalue weighted by molar-refractivity contribution is -0.143. The van der Waals surface area contributed by atoms with Crippen LogP contribution in [0.15, 0.2) is 12.1 Å². The molecule has 1 aromatic rings. The normalized spacial score (nSPS) is 18.5. The van der Waals surface area contributed by atoms with Crippen molar-refractivity contribution in [3.63, 3.8) is 0 Å². The van der Waals surface area contributed by atoms with E-state index in [4.69, 9.17) is 26.0 Å². The van der Waals surface area contributed by atoms with Gasteiger partial charge in [0.2, 0.25) is 11.8 Å². The number of aliphatic hydroxyl groups is 1. The molecular weight excluding hydrogens is 423 g/mol. The van der Waals surface area contributed by atoms with Gasteiger partial charge >= 0.3 is 13.1 Å². The molecule has 1 unspecified atom stereocenters. The van der Waals surface area contributed by atoms with E-state index in [9.17, 15) is 24.5 Å². The van der Waals surface area contributed by atoms with Crippen LogP contribution in [-0.2, 0) is 16.0 Å². The van der Waals surface area contributed by atoms with E-state index in [1.165, 1.54) is 11.8 Å². The number of carboxylic acids is 1. The Hall–Kier alpha value is -2.87. The fourth-order valence-electron chi connectivity index (χ4n) is 3.61. The summed E-state index contributed by atoms with van der Waals surface area (Å²) in [5, 5.41) is 30.9. The number of hydrogen-bond acceptors (Lipinski definition) is 9. The quantitative estimate of drug-likeness (QED) is 0.188. The third kappa shape index (κ3) is 5.30. The van der Waals surface area contributed by atoms with Gasteiger partial charge in [-0.25, -0.2) is 4.79 Å². The zero-order valence-corrected chi connectivity index (χ0v) is 17.6. The number of nitrogens with two attached hydrogens (primary N) is 2. The Kier molecular flexibility index (Phi) is 7.24. The fraction of sp³-hybridized carbons (Fsp3) is 0.526. The number of aliphatic hydroxyl groups excluding tert-OH is 1. The SMILES string of the molecule is C[C@@H](NC(=O)[C@H](N)CC(N)O)C(=O)N1CC(Oc2ccc3c(c2C(=O)O)OB(O)CC3)C1. The van der Waals surface area contributed by atoms with Crippen molar-refractivity contribution in [3.05, 3.63) is 23.3 Å². The Balaban J connectivity index is 1.57. The molecule has 0 spiro atoms. The first kappa shape index (κ1) is 23.8. The van der Waals surface area contributed by atoms with Crippen LogP contribution in [0.25, 0.3) is 0 Å². The first-order chi connectivity index (χ1) is 15.1. The second kappa shape index (κ2) is 9.73. The van der Waals surface area contributed by atoms with Crippen molar-refractivity contribution in [1.29, 1.82) is 0 Å². The van der Waals surface area contributed by atoms with Crippen molar-refractivity contribution in [2.75, 3.05) is 13.1 Å². The highest BCUT2D eigenvalue weighted by Crippen LogP contribution is 2.37. The van der Waals surface area contributed by atoms with Crippen LogP contribution in [0.3, 0.4) is 0 Å². The standard InChI is InChI=1S/C19H27BN4O8/c1-9(23-17(26)12(21)6-14(22)25)18(27)24-7-11(8-24)31-13-3-2-10-4-5-20(30)32-16(10)15(13)19(28)29/h2-3,9,11-12,14,25,30H,4-8,21-22H2,1H3,(H,23,26)(H,28,29)/t9-,12-,14?/m1/s1. The van der Waals surface area contributed by atoms with Gasteiger partial charge in [-0.15, -0.1) is 0 Å². The van der Waals surface area contributed by atoms with Crippen LogP contribution in [-0.4, -0.2) is 82.5 Å². The first-order valence-corrected chi connectivity index (χ1v) is 10.3. The van der Waals surface area contributed by atoms with Gasteiger partial charge in [0.15, 0.2) is 0 Å². The van der Waals surface area contributed by atoms with Crippen molar-refractivity contribution in [2.45, 2.75) is 50.5 Å². The highest BCUT2D eigenvalue weighted by Gasteiger charge is 2.37. The molecule has 1 saturated heterocycles. The van der Waals surface area contributed by atoms with Crippen molar-refractivity contribution in [1.82, 2.24) is 10.2 Å². The summed E-state index contributed by atoms with van der Waals surface area (Å²) in [6.07, 6.45) is -0.956. The van der Waals surface area contributed by atoms with E-state index >= 15 is 0 Å². The predicted octanol–water partition coefficient (Wildman–Crippen LogP) is -2.11. The number of aromatic carboxylic acids is 1. The van der Waals surface area contributed by atoms with Crippen LogP contribution in [0.2, 0.25) is 6.32 Å². The number of likely N-dealkylation sites (tertiary alicyclic amines) is 1. The van der Waals surface area contributed by atoms with Gasteiger partial charge in [0.1, 0.15) is 35.4 Å². The number of ether oxygens (including phenoxy) is 1. The number of carbonyl (C=O) groups excluding carboxylic acids is 2. The van der Waals surface area contributed by atoms with Gasteiger partial charge in [0.25, 0.3) is 0 Å². The van der Waals surface area contributed by atoms with Crippen molar-refractivity contribution in [2.24, 2.45) is 11.5 Å². The summed E-state index contributed by atoms with van der Waals surface area (Å²) in [5.74, 6) is -2.01. The Bertz CT molecular complexity index is 892. The zero-order chi connectivity index (χ0) is 23.6. The lowest BCUT2D eigenvalue weighted by Gasteiger charge is -2.40. The molecule has 174 valence electrons. The monoisotopic (exact) mass is 450 g/mol. The summed E-state index contributed by atoms with van der Waals surface area (Å²) < 4.78 is 11.1. The summed E-state index contributed by atoms with van der Waals surface area (Å²) in [4.78, 5) is 37.7. The zero-order valence-electron chi connectivity index (χ0n) is 17.6. The number of amides is 2. The van der Waals surface area contributed by atoms with Gasteiger partial charge in [0, 0.05) is 6.42 Å². The smallest absolute Gasteiger partial charge is 0.522 e. The molecule has 0 bridgehead atoms. The second-order valence-electron chi connectivity index (χ2n) is 7.97. The Morgan fingerprint density at radius 1 is 1.34 bits per heavy atom. The van der Waals surface area contributed by atoms with E-state index < -0.39 is 43.4 Å². The number of carboxylic acid groups (broad SMARTS) is 1. The van der Waals surface area contributed by atoms with Crippen LogP contribution >= 0.6 is 0 Å². The average molecular weight is 450 g/mol. The van der Waals surface area contributed by atoms with Gasteiger partial charge in [-0.3, -0.25) is 9.59 Å². The summed E-state index contributed by atoms with van der Waals surface area (Å²) >= 11 is 0. The van der Waals surface area contributed by atoms with E-state index in [1.807, 2.05) is 0 Å². The molecule has 32 heavy (non-hydrogen) atoms. The molecule has 0 aromatic heterocycles. The van der Waals surface area contributed by atoms with Crippen molar-refractivity contribution in [3.8, 4) is 11.5 Å². The van der Waals surface area contributed by atoms with Crippen molar-refractivity contribution < 1.29 is 39.0 Å². The maximum absolute atomic E-state index is 12.5. The molecule has 3 rings (SSSR count). The lowest BCUT2D eigenvalue weighted by atomic mass is 9.78. The van der Waals surface area contributed by atoms with Gasteiger partial charge < -0.3 is 46.3 Å². The molecule has 13 heteroatoms. The van der Waals surface area contributed by atoms with Crippen molar-refractivity contribution >= 4 is 24.9 Å². The molecule has 1 aromatic carbocycles. The van der Waals surface area contributed by atoms with Gasteiger partial charge in [-0.05, 0) is 31.3 Å². The van der Waals surface area contributed by atoms with Crippen LogP contribution in [0.4, 0.5) is 0 Å². The number of hydrogen-bond donors (Lipinski definition) is 6. The Labute approximate surface area is 184 Å². The number of aryl methyl sites for hydroxylation is 1. The highest BCUT2D eigenvalue weighted by molar-refractivity contribution is 6.44. The van der Waals surface area contributed by atoms with E-state index in [-0.39, 0.29) is 42.5 Å². The molecule has 0 aliphatic carbocycles. The summed E-state index contributed by atoms with van der Waals surface area (Å²) in [5.41, 5.74) is 11.3. The van der Waals surface area contributed by atoms with Gasteiger partial charge in [-0.2, -0.15) is 0 Å². The first-order valence-electron chi connectivity index (χ1n) is 10.3. The van der Waals surface area contributed by atoms with E-state index in [0.29, 0.717) is 18.3 Å². The van der Waals surface area contributed by atoms with Crippen LogP contribution in [0, 0.1) is 0 Å². The second-order valence-corrected chi connectivity index (χ2v) is 7.97. The number of benzene rings is 1. The molecule has 1 fully saturated rings. The molecule has 0 saturated carbocycles. The molecule has 8 N–H and O–H groups in total. The molecule has 2 aliphatic heterocycles. The van der Waals surface area contributed by atoms with Gasteiger partial charge in [-0.1, -0.05) is 6.07 Å².